The van der Waals surface area contributed by atoms with Crippen LogP contribution in [0.2, 0.25) is 5.02 Å². The van der Waals surface area contributed by atoms with Crippen molar-refractivity contribution in [2.75, 3.05) is 13.1 Å². The molecule has 2 unspecified atom stereocenters. The Morgan fingerprint density at radius 2 is 1.89 bits per heavy atom. The second-order valence-electron chi connectivity index (χ2n) is 7.13. The number of nitrogens with zero attached hydrogens (tertiary/aromatic N) is 2. The number of aryl methyl sites for hydroxylation is 2. The quantitative estimate of drug-likeness (QED) is 0.320. The zero-order valence-electron chi connectivity index (χ0n) is 16.5. The predicted octanol–water partition coefficient (Wildman–Crippen LogP) is 5.63. The fraction of sp³-hybridized carbons (Fsp3) is 0.381. The van der Waals surface area contributed by atoms with E-state index in [1.54, 1.807) is 6.34 Å². The van der Waals surface area contributed by atoms with Crippen molar-refractivity contribution in [3.8, 4) is 11.5 Å². The van der Waals surface area contributed by atoms with Crippen LogP contribution in [0.15, 0.2) is 35.3 Å². The molecule has 7 heteroatoms. The largest absolute Gasteiger partial charge is 0.457 e. The lowest BCUT2D eigenvalue weighted by molar-refractivity contribution is -0.0760. The maximum atomic E-state index is 6.09. The summed E-state index contributed by atoms with van der Waals surface area (Å²) in [6, 6.07) is 9.70. The highest BCUT2D eigenvalue weighted by Crippen LogP contribution is 2.33. The van der Waals surface area contributed by atoms with E-state index in [-0.39, 0.29) is 12.2 Å². The molecule has 1 saturated heterocycles. The molecule has 150 valence electrons. The molecule has 0 radical (unpaired) electrons. The first kappa shape index (κ1) is 21.4. The van der Waals surface area contributed by atoms with E-state index in [2.05, 4.69) is 51.9 Å². The van der Waals surface area contributed by atoms with E-state index in [0.29, 0.717) is 0 Å². The van der Waals surface area contributed by atoms with Gasteiger partial charge in [-0.25, -0.2) is 10.0 Å². The average Bonchev–Trinajstić information content (AvgIpc) is 2.61. The van der Waals surface area contributed by atoms with Crippen LogP contribution < -0.4 is 10.2 Å². The summed E-state index contributed by atoms with van der Waals surface area (Å²) in [4.78, 5) is 4.59. The number of ether oxygens (including phenoxy) is 2. The molecule has 3 rings (SSSR count). The molecule has 1 fully saturated rings. The summed E-state index contributed by atoms with van der Waals surface area (Å²) in [6.07, 6.45) is 2.16. The summed E-state index contributed by atoms with van der Waals surface area (Å²) in [5.74, 6) is 1.59. The normalized spacial score (nSPS) is 20.5. The zero-order chi connectivity index (χ0) is 20.3. The van der Waals surface area contributed by atoms with Gasteiger partial charge in [-0.1, -0.05) is 11.6 Å². The topological polar surface area (TPSA) is 46.1 Å². The van der Waals surface area contributed by atoms with Crippen LogP contribution in [-0.2, 0) is 4.74 Å². The van der Waals surface area contributed by atoms with Crippen molar-refractivity contribution >= 4 is 46.2 Å². The fourth-order valence-corrected chi connectivity index (χ4v) is 3.76. The van der Waals surface area contributed by atoms with Crippen molar-refractivity contribution < 1.29 is 9.47 Å². The van der Waals surface area contributed by atoms with E-state index in [1.165, 1.54) is 0 Å². The van der Waals surface area contributed by atoms with Crippen molar-refractivity contribution in [3.63, 3.8) is 0 Å². The van der Waals surface area contributed by atoms with Crippen LogP contribution in [-0.4, -0.2) is 36.6 Å². The molecule has 0 aromatic heterocycles. The Morgan fingerprint density at radius 3 is 2.57 bits per heavy atom. The monoisotopic (exact) mass is 513 g/mol. The first-order valence-electron chi connectivity index (χ1n) is 9.25. The van der Waals surface area contributed by atoms with Crippen molar-refractivity contribution in [2.24, 2.45) is 4.99 Å². The molecule has 1 N–H and O–H groups in total. The summed E-state index contributed by atoms with van der Waals surface area (Å²) in [6.45, 7) is 9.88. The highest BCUT2D eigenvalue weighted by atomic mass is 127. The molecule has 0 saturated carbocycles. The van der Waals surface area contributed by atoms with Gasteiger partial charge in [0.2, 0.25) is 0 Å². The molecule has 2 aromatic carbocycles. The van der Waals surface area contributed by atoms with Gasteiger partial charge in [-0.15, -0.1) is 0 Å². The van der Waals surface area contributed by atoms with Crippen LogP contribution in [0.1, 0.15) is 25.0 Å². The van der Waals surface area contributed by atoms with Gasteiger partial charge in [0.1, 0.15) is 17.8 Å². The van der Waals surface area contributed by atoms with Gasteiger partial charge < -0.3 is 14.9 Å². The van der Waals surface area contributed by atoms with E-state index < -0.39 is 0 Å². The number of hydrogen-bond donors (Lipinski definition) is 1. The number of rotatable bonds is 5. The molecular formula is C21H25ClIN3O2. The fourth-order valence-electron chi connectivity index (χ4n) is 3.15. The van der Waals surface area contributed by atoms with Crippen LogP contribution in [0, 0.1) is 17.4 Å². The van der Waals surface area contributed by atoms with Crippen LogP contribution in [0.25, 0.3) is 0 Å². The van der Waals surface area contributed by atoms with Gasteiger partial charge in [-0.05, 0) is 91.7 Å². The van der Waals surface area contributed by atoms with E-state index in [9.17, 15) is 0 Å². The van der Waals surface area contributed by atoms with Crippen LogP contribution in [0.5, 0.6) is 11.5 Å². The third kappa shape index (κ3) is 5.59. The first-order valence-corrected chi connectivity index (χ1v) is 10.7. The highest BCUT2D eigenvalue weighted by molar-refractivity contribution is 14.1. The minimum absolute atomic E-state index is 0.209. The molecular weight excluding hydrogens is 489 g/mol. The molecule has 5 nitrogen and oxygen atoms in total. The van der Waals surface area contributed by atoms with Gasteiger partial charge in [-0.3, -0.25) is 0 Å². The highest BCUT2D eigenvalue weighted by Gasteiger charge is 2.21. The van der Waals surface area contributed by atoms with Gasteiger partial charge >= 0.3 is 0 Å². The minimum Gasteiger partial charge on any atom is -0.457 e. The Balaban J connectivity index is 1.68. The van der Waals surface area contributed by atoms with Crippen molar-refractivity contribution in [1.82, 2.24) is 10.4 Å². The molecule has 0 amide bonds. The van der Waals surface area contributed by atoms with Gasteiger partial charge in [0.25, 0.3) is 0 Å². The summed E-state index contributed by atoms with van der Waals surface area (Å²) in [5, 5.41) is 2.85. The summed E-state index contributed by atoms with van der Waals surface area (Å²) < 4.78 is 12.8. The zero-order valence-corrected chi connectivity index (χ0v) is 19.4. The molecule has 1 aliphatic rings. The molecule has 28 heavy (non-hydrogen) atoms. The third-order valence-electron chi connectivity index (χ3n) is 4.48. The van der Waals surface area contributed by atoms with Gasteiger partial charge in [-0.2, -0.15) is 0 Å². The molecule has 1 heterocycles. The van der Waals surface area contributed by atoms with Gasteiger partial charge in [0.15, 0.2) is 0 Å². The Labute approximate surface area is 185 Å². The summed E-state index contributed by atoms with van der Waals surface area (Å²) in [5.41, 5.74) is 6.25. The second-order valence-corrected chi connectivity index (χ2v) is 8.70. The van der Waals surface area contributed by atoms with Gasteiger partial charge in [0, 0.05) is 16.7 Å². The van der Waals surface area contributed by atoms with Crippen molar-refractivity contribution in [1.29, 1.82) is 0 Å². The third-order valence-corrected chi connectivity index (χ3v) is 6.02. The lowest BCUT2D eigenvalue weighted by Gasteiger charge is -2.34. The minimum atomic E-state index is 0.209. The Bertz CT molecular complexity index is 865. The molecule has 0 aliphatic carbocycles. The number of hydrogen-bond acceptors (Lipinski definition) is 4. The van der Waals surface area contributed by atoms with Crippen LogP contribution >= 0.6 is 34.2 Å². The Hall–Kier alpha value is -1.35. The maximum absolute atomic E-state index is 6.09. The molecule has 1 aliphatic heterocycles. The molecule has 0 bridgehead atoms. The lowest BCUT2D eigenvalue weighted by atomic mass is 10.1. The standard InChI is InChI=1S/C21H25ClIN3O2/c1-13-8-21(28-17-5-6-18(22)19(23)9-17)14(2)7-20(13)24-12-25-26-10-15(3)27-16(4)11-26/h5-9,12,15-16H,10-11H2,1-4H3,(H,24,25). The smallest absolute Gasteiger partial charge is 0.130 e. The van der Waals surface area contributed by atoms with Crippen LogP contribution in [0.3, 0.4) is 0 Å². The lowest BCUT2D eigenvalue weighted by Crippen LogP contribution is -2.51. The van der Waals surface area contributed by atoms with E-state index in [4.69, 9.17) is 21.1 Å². The van der Waals surface area contributed by atoms with E-state index in [0.717, 1.165) is 50.0 Å². The molecule has 0 spiro atoms. The van der Waals surface area contributed by atoms with Gasteiger partial charge in [0.05, 0.1) is 22.9 Å². The Morgan fingerprint density at radius 1 is 1.18 bits per heavy atom. The van der Waals surface area contributed by atoms with Crippen LogP contribution in [0.4, 0.5) is 5.69 Å². The van der Waals surface area contributed by atoms with E-state index >= 15 is 0 Å². The number of nitrogens with one attached hydrogen (secondary N) is 1. The van der Waals surface area contributed by atoms with Crippen molar-refractivity contribution in [2.45, 2.75) is 39.9 Å². The second kappa shape index (κ2) is 9.43. The molecule has 2 aromatic rings. The Kier molecular flexibility index (Phi) is 7.20. The number of morpholine rings is 1. The number of halogens is 2. The predicted molar refractivity (Wildman–Crippen MR) is 123 cm³/mol. The number of hydrazine groups is 1. The average molecular weight is 514 g/mol. The summed E-state index contributed by atoms with van der Waals surface area (Å²) in [7, 11) is 0. The number of aliphatic imine (C=N–C) groups is 1. The maximum Gasteiger partial charge on any atom is 0.130 e. The molecule has 2 atom stereocenters. The first-order chi connectivity index (χ1) is 13.3. The SMILES string of the molecule is Cc1cc(Oc2ccc(Cl)c(I)c2)c(C)cc1N=CNN1CC(C)OC(C)C1. The number of benzene rings is 2. The summed E-state index contributed by atoms with van der Waals surface area (Å²) >= 11 is 8.29. The van der Waals surface area contributed by atoms with E-state index in [1.807, 2.05) is 44.2 Å². The van der Waals surface area contributed by atoms with Crippen molar-refractivity contribution in [3.05, 3.63) is 50.1 Å².